The highest BCUT2D eigenvalue weighted by atomic mass is 16.5. The average molecular weight is 423 g/mol. The van der Waals surface area contributed by atoms with Crippen LogP contribution in [0.5, 0.6) is 5.75 Å². The number of methoxy groups -OCH3 is 1. The zero-order chi connectivity index (χ0) is 21.8. The maximum Gasteiger partial charge on any atom is 0.223 e. The van der Waals surface area contributed by atoms with Gasteiger partial charge in [-0.15, -0.1) is 0 Å². The number of hydrogen-bond donors (Lipinski definition) is 2. The van der Waals surface area contributed by atoms with Gasteiger partial charge in [-0.1, -0.05) is 55.3 Å². The molecule has 4 rings (SSSR count). The molecular formula is C26H34N2O3. The molecule has 166 valence electrons. The number of rotatable bonds is 6. The number of aliphatic hydroxyl groups is 1. The first-order valence-corrected chi connectivity index (χ1v) is 11.4. The summed E-state index contributed by atoms with van der Waals surface area (Å²) in [6, 6.07) is 17.9. The van der Waals surface area contributed by atoms with Gasteiger partial charge in [-0.2, -0.15) is 0 Å². The molecule has 1 aliphatic carbocycles. The highest BCUT2D eigenvalue weighted by molar-refractivity contribution is 5.79. The Morgan fingerprint density at radius 1 is 1.13 bits per heavy atom. The number of ether oxygens (including phenoxy) is 1. The van der Waals surface area contributed by atoms with E-state index in [1.54, 1.807) is 7.11 Å². The minimum Gasteiger partial charge on any atom is -0.497 e. The normalized spacial score (nSPS) is 27.2. The molecule has 0 radical (unpaired) electrons. The second kappa shape index (κ2) is 9.41. The molecule has 1 saturated carbocycles. The van der Waals surface area contributed by atoms with Crippen LogP contribution in [0.4, 0.5) is 0 Å². The number of hydrogen-bond acceptors (Lipinski definition) is 4. The molecule has 2 aliphatic rings. The SMILES string of the molecule is COc1ccc(CN2CC[C@@](C)(O)[C@@H](NC(=O)C3CCCC3)[C@@H]2c2ccccc2)cc1. The van der Waals surface area contributed by atoms with E-state index in [1.807, 2.05) is 37.3 Å². The van der Waals surface area contributed by atoms with E-state index in [0.29, 0.717) is 6.42 Å². The van der Waals surface area contributed by atoms with Crippen LogP contribution in [0.15, 0.2) is 54.6 Å². The van der Waals surface area contributed by atoms with E-state index in [9.17, 15) is 9.90 Å². The van der Waals surface area contributed by atoms with Crippen LogP contribution in [0.2, 0.25) is 0 Å². The van der Waals surface area contributed by atoms with Gasteiger partial charge in [0.2, 0.25) is 5.91 Å². The molecule has 5 heteroatoms. The van der Waals surface area contributed by atoms with E-state index < -0.39 is 5.60 Å². The quantitative estimate of drug-likeness (QED) is 0.737. The fourth-order valence-electron chi connectivity index (χ4n) is 5.11. The molecule has 0 spiro atoms. The van der Waals surface area contributed by atoms with Gasteiger partial charge in [-0.05, 0) is 49.4 Å². The second-order valence-corrected chi connectivity index (χ2v) is 9.25. The Balaban J connectivity index is 1.63. The number of piperidine rings is 1. The van der Waals surface area contributed by atoms with E-state index in [0.717, 1.165) is 50.1 Å². The third-order valence-corrected chi connectivity index (χ3v) is 6.99. The lowest BCUT2D eigenvalue weighted by molar-refractivity contribution is -0.132. The van der Waals surface area contributed by atoms with E-state index in [-0.39, 0.29) is 23.9 Å². The summed E-state index contributed by atoms with van der Waals surface area (Å²) in [5, 5.41) is 14.6. The van der Waals surface area contributed by atoms with Crippen molar-refractivity contribution in [3.05, 3.63) is 65.7 Å². The Hall–Kier alpha value is -2.37. The molecule has 2 N–H and O–H groups in total. The Kier molecular flexibility index (Phi) is 6.63. The van der Waals surface area contributed by atoms with Crippen molar-refractivity contribution in [1.82, 2.24) is 10.2 Å². The number of nitrogens with zero attached hydrogens (tertiary/aromatic N) is 1. The van der Waals surface area contributed by atoms with Crippen molar-refractivity contribution in [2.45, 2.75) is 63.3 Å². The van der Waals surface area contributed by atoms with Gasteiger partial charge in [0.1, 0.15) is 5.75 Å². The van der Waals surface area contributed by atoms with Crippen molar-refractivity contribution in [2.24, 2.45) is 5.92 Å². The highest BCUT2D eigenvalue weighted by Crippen LogP contribution is 2.38. The maximum absolute atomic E-state index is 13.1. The zero-order valence-electron chi connectivity index (χ0n) is 18.6. The number of nitrogens with one attached hydrogen (secondary N) is 1. The van der Waals surface area contributed by atoms with E-state index in [4.69, 9.17) is 4.74 Å². The fourth-order valence-corrected chi connectivity index (χ4v) is 5.11. The van der Waals surface area contributed by atoms with Crippen LogP contribution in [-0.2, 0) is 11.3 Å². The van der Waals surface area contributed by atoms with Crippen LogP contribution in [-0.4, -0.2) is 41.2 Å². The third-order valence-electron chi connectivity index (χ3n) is 6.99. The lowest BCUT2D eigenvalue weighted by atomic mass is 9.79. The minimum absolute atomic E-state index is 0.0733. The summed E-state index contributed by atoms with van der Waals surface area (Å²) < 4.78 is 5.29. The largest absolute Gasteiger partial charge is 0.497 e. The monoisotopic (exact) mass is 422 g/mol. The van der Waals surface area contributed by atoms with Crippen LogP contribution in [0.25, 0.3) is 0 Å². The number of carbonyl (C=O) groups is 1. The number of likely N-dealkylation sites (tertiary alicyclic amines) is 1. The van der Waals surface area contributed by atoms with Gasteiger partial charge >= 0.3 is 0 Å². The summed E-state index contributed by atoms with van der Waals surface area (Å²) in [4.78, 5) is 15.4. The second-order valence-electron chi connectivity index (χ2n) is 9.25. The number of amides is 1. The molecule has 2 aromatic carbocycles. The number of carbonyl (C=O) groups excluding carboxylic acids is 1. The fraction of sp³-hybridized carbons (Fsp3) is 0.500. The van der Waals surface area contributed by atoms with Gasteiger partial charge in [0, 0.05) is 19.0 Å². The van der Waals surface area contributed by atoms with Crippen molar-refractivity contribution < 1.29 is 14.6 Å². The smallest absolute Gasteiger partial charge is 0.223 e. The van der Waals surface area contributed by atoms with Gasteiger partial charge in [-0.3, -0.25) is 9.69 Å². The third kappa shape index (κ3) is 4.94. The van der Waals surface area contributed by atoms with Gasteiger partial charge < -0.3 is 15.2 Å². The molecule has 2 fully saturated rings. The first kappa shape index (κ1) is 21.8. The van der Waals surface area contributed by atoms with Gasteiger partial charge in [0.15, 0.2) is 0 Å². The predicted molar refractivity (Wildman–Crippen MR) is 122 cm³/mol. The lowest BCUT2D eigenvalue weighted by Crippen LogP contribution is -2.62. The Labute approximate surface area is 185 Å². The van der Waals surface area contributed by atoms with Crippen molar-refractivity contribution in [3.63, 3.8) is 0 Å². The topological polar surface area (TPSA) is 61.8 Å². The Morgan fingerprint density at radius 2 is 1.81 bits per heavy atom. The summed E-state index contributed by atoms with van der Waals surface area (Å²) >= 11 is 0. The molecule has 5 nitrogen and oxygen atoms in total. The maximum atomic E-state index is 13.1. The highest BCUT2D eigenvalue weighted by Gasteiger charge is 2.46. The molecule has 0 bridgehead atoms. The lowest BCUT2D eigenvalue weighted by Gasteiger charge is -2.49. The summed E-state index contributed by atoms with van der Waals surface area (Å²) in [7, 11) is 1.67. The van der Waals surface area contributed by atoms with Gasteiger partial charge in [0.05, 0.1) is 24.8 Å². The van der Waals surface area contributed by atoms with Crippen LogP contribution >= 0.6 is 0 Å². The van der Waals surface area contributed by atoms with Crippen molar-refractivity contribution >= 4 is 5.91 Å². The van der Waals surface area contributed by atoms with Crippen molar-refractivity contribution in [1.29, 1.82) is 0 Å². The molecule has 0 unspecified atom stereocenters. The van der Waals surface area contributed by atoms with Crippen molar-refractivity contribution in [2.75, 3.05) is 13.7 Å². The van der Waals surface area contributed by atoms with E-state index in [1.165, 1.54) is 5.56 Å². The molecule has 31 heavy (non-hydrogen) atoms. The summed E-state index contributed by atoms with van der Waals surface area (Å²) in [5.74, 6) is 1.01. The van der Waals surface area contributed by atoms with Crippen LogP contribution in [0.3, 0.4) is 0 Å². The first-order valence-electron chi connectivity index (χ1n) is 11.4. The molecule has 3 atom stereocenters. The molecule has 2 aromatic rings. The molecule has 0 aromatic heterocycles. The van der Waals surface area contributed by atoms with Crippen LogP contribution in [0, 0.1) is 5.92 Å². The number of benzene rings is 2. The van der Waals surface area contributed by atoms with Crippen LogP contribution < -0.4 is 10.1 Å². The standard InChI is InChI=1S/C26H34N2O3/c1-26(30)16-17-28(18-19-12-14-22(31-2)15-13-19)23(20-8-4-3-5-9-20)24(26)27-25(29)21-10-6-7-11-21/h3-5,8-9,12-15,21,23-24,30H,6-7,10-11,16-18H2,1-2H3,(H,27,29)/t23-,24-,26+/m0/s1. The first-order chi connectivity index (χ1) is 15.0. The summed E-state index contributed by atoms with van der Waals surface area (Å²) in [6.07, 6.45) is 4.75. The van der Waals surface area contributed by atoms with Gasteiger partial charge in [-0.25, -0.2) is 0 Å². The molecule has 1 amide bonds. The molecule has 1 saturated heterocycles. The molecule has 1 heterocycles. The Bertz CT molecular complexity index is 860. The van der Waals surface area contributed by atoms with E-state index in [2.05, 4.69) is 34.5 Å². The Morgan fingerprint density at radius 3 is 2.45 bits per heavy atom. The molecule has 1 aliphatic heterocycles. The summed E-state index contributed by atoms with van der Waals surface area (Å²) in [5.41, 5.74) is 1.34. The minimum atomic E-state index is -0.967. The van der Waals surface area contributed by atoms with E-state index >= 15 is 0 Å². The zero-order valence-corrected chi connectivity index (χ0v) is 18.6. The van der Waals surface area contributed by atoms with Gasteiger partial charge in [0.25, 0.3) is 0 Å². The van der Waals surface area contributed by atoms with Crippen molar-refractivity contribution in [3.8, 4) is 5.75 Å². The molecular weight excluding hydrogens is 388 g/mol. The average Bonchev–Trinajstić information content (AvgIpc) is 3.32. The predicted octanol–water partition coefficient (Wildman–Crippen LogP) is 4.07. The van der Waals surface area contributed by atoms with Crippen LogP contribution in [0.1, 0.15) is 56.2 Å². The summed E-state index contributed by atoms with van der Waals surface area (Å²) in [6.45, 7) is 3.37.